The van der Waals surface area contributed by atoms with Crippen LogP contribution in [-0.4, -0.2) is 23.7 Å². The molecule has 2 rings (SSSR count). The van der Waals surface area contributed by atoms with Gasteiger partial charge in [0.05, 0.1) is 0 Å². The zero-order valence-corrected chi connectivity index (χ0v) is 14.8. The third kappa shape index (κ3) is 3.69. The molecule has 1 N–H and O–H groups in total. The molecule has 0 saturated heterocycles. The smallest absolute Gasteiger partial charge is 0.254 e. The Bertz CT molecular complexity index is 560. The van der Waals surface area contributed by atoms with E-state index in [0.29, 0.717) is 6.54 Å². The van der Waals surface area contributed by atoms with E-state index in [1.807, 2.05) is 6.07 Å². The molecular formula is C17H23BrN2O2. The monoisotopic (exact) mass is 366 g/mol. The van der Waals surface area contributed by atoms with Crippen LogP contribution in [0.2, 0.25) is 0 Å². The molecule has 0 bridgehead atoms. The Morgan fingerprint density at radius 1 is 1.36 bits per heavy atom. The van der Waals surface area contributed by atoms with Gasteiger partial charge >= 0.3 is 0 Å². The van der Waals surface area contributed by atoms with Crippen molar-refractivity contribution < 1.29 is 9.59 Å². The highest BCUT2D eigenvalue weighted by Gasteiger charge is 2.37. The highest BCUT2D eigenvalue weighted by molar-refractivity contribution is 9.09. The molecule has 0 saturated carbocycles. The minimum absolute atomic E-state index is 0.0289. The first kappa shape index (κ1) is 17.0. The Hall–Kier alpha value is -1.36. The minimum Gasteiger partial charge on any atom is -0.341 e. The van der Waals surface area contributed by atoms with Gasteiger partial charge in [0, 0.05) is 30.0 Å². The molecular weight excluding hydrogens is 344 g/mol. The fourth-order valence-electron chi connectivity index (χ4n) is 2.82. The molecule has 0 aliphatic carbocycles. The second-order valence-corrected chi connectivity index (χ2v) is 6.46. The molecule has 0 aromatic heterocycles. The second kappa shape index (κ2) is 7.77. The highest BCUT2D eigenvalue weighted by Crippen LogP contribution is 2.37. The number of halogens is 1. The molecule has 1 aromatic rings. The molecule has 1 aliphatic rings. The number of alkyl halides is 1. The Morgan fingerprint density at radius 2 is 2.14 bits per heavy atom. The van der Waals surface area contributed by atoms with Crippen LogP contribution in [0.1, 0.15) is 50.3 Å². The quantitative estimate of drug-likeness (QED) is 0.752. The van der Waals surface area contributed by atoms with Crippen LogP contribution >= 0.6 is 15.9 Å². The molecule has 0 radical (unpaired) electrons. The number of hydrogen-bond acceptors (Lipinski definition) is 2. The topological polar surface area (TPSA) is 49.4 Å². The first-order valence-corrected chi connectivity index (χ1v) is 8.98. The van der Waals surface area contributed by atoms with Crippen molar-refractivity contribution in [3.05, 3.63) is 29.3 Å². The first-order valence-electron chi connectivity index (χ1n) is 7.85. The Kier molecular flexibility index (Phi) is 6.00. The Labute approximate surface area is 140 Å². The number of nitrogens with one attached hydrogen (secondary N) is 1. The lowest BCUT2D eigenvalue weighted by atomic mass is 10.0. The SMILES string of the molecule is CCCCc1ccc2c(c1)C(NC(C)=O)C(=O)N2CCCBr. The predicted molar refractivity (Wildman–Crippen MR) is 92.4 cm³/mol. The lowest BCUT2D eigenvalue weighted by Gasteiger charge is -2.17. The number of fused-ring (bicyclic) bond motifs is 1. The molecule has 5 heteroatoms. The average Bonchev–Trinajstić information content (AvgIpc) is 2.75. The summed E-state index contributed by atoms with van der Waals surface area (Å²) in [4.78, 5) is 25.9. The molecule has 0 fully saturated rings. The maximum absolute atomic E-state index is 12.6. The first-order chi connectivity index (χ1) is 10.6. The van der Waals surface area contributed by atoms with Crippen LogP contribution in [0.15, 0.2) is 18.2 Å². The van der Waals surface area contributed by atoms with Crippen LogP contribution in [0.3, 0.4) is 0 Å². The lowest BCUT2D eigenvalue weighted by Crippen LogP contribution is -2.37. The summed E-state index contributed by atoms with van der Waals surface area (Å²) in [6.07, 6.45) is 4.16. The molecule has 22 heavy (non-hydrogen) atoms. The van der Waals surface area contributed by atoms with Crippen molar-refractivity contribution in [1.82, 2.24) is 5.32 Å². The van der Waals surface area contributed by atoms with Gasteiger partial charge in [-0.3, -0.25) is 9.59 Å². The number of benzene rings is 1. The summed E-state index contributed by atoms with van der Waals surface area (Å²) in [5.41, 5.74) is 3.10. The largest absolute Gasteiger partial charge is 0.341 e. The second-order valence-electron chi connectivity index (χ2n) is 5.66. The molecule has 1 atom stereocenters. The van der Waals surface area contributed by atoms with E-state index in [1.54, 1.807) is 4.90 Å². The number of carbonyl (C=O) groups excluding carboxylic acids is 2. The third-order valence-corrected chi connectivity index (χ3v) is 4.45. The highest BCUT2D eigenvalue weighted by atomic mass is 79.9. The summed E-state index contributed by atoms with van der Waals surface area (Å²) in [5, 5.41) is 3.65. The van der Waals surface area contributed by atoms with Crippen molar-refractivity contribution in [1.29, 1.82) is 0 Å². The van der Waals surface area contributed by atoms with Crippen LogP contribution < -0.4 is 10.2 Å². The number of amides is 2. The minimum atomic E-state index is -0.538. The van der Waals surface area contributed by atoms with Gasteiger partial charge in [0.1, 0.15) is 6.04 Å². The van der Waals surface area contributed by atoms with E-state index in [-0.39, 0.29) is 11.8 Å². The molecule has 1 unspecified atom stereocenters. The molecule has 2 amide bonds. The van der Waals surface area contributed by atoms with Gasteiger partial charge in [-0.1, -0.05) is 41.4 Å². The average molecular weight is 367 g/mol. The van der Waals surface area contributed by atoms with Gasteiger partial charge in [-0.25, -0.2) is 0 Å². The van der Waals surface area contributed by atoms with Gasteiger partial charge in [0.2, 0.25) is 5.91 Å². The summed E-state index contributed by atoms with van der Waals surface area (Å²) in [7, 11) is 0. The maximum Gasteiger partial charge on any atom is 0.254 e. The fourth-order valence-corrected chi connectivity index (χ4v) is 3.07. The Balaban J connectivity index is 2.31. The Morgan fingerprint density at radius 3 is 2.77 bits per heavy atom. The van der Waals surface area contributed by atoms with Crippen molar-refractivity contribution in [2.24, 2.45) is 0 Å². The van der Waals surface area contributed by atoms with Crippen molar-refractivity contribution in [3.63, 3.8) is 0 Å². The van der Waals surface area contributed by atoms with E-state index < -0.39 is 6.04 Å². The number of hydrogen-bond donors (Lipinski definition) is 1. The van der Waals surface area contributed by atoms with Crippen LogP contribution in [0, 0.1) is 0 Å². The molecule has 4 nitrogen and oxygen atoms in total. The van der Waals surface area contributed by atoms with Crippen molar-refractivity contribution in [2.75, 3.05) is 16.8 Å². The zero-order chi connectivity index (χ0) is 16.1. The maximum atomic E-state index is 12.6. The van der Waals surface area contributed by atoms with Crippen molar-refractivity contribution in [2.45, 2.75) is 45.6 Å². The third-order valence-electron chi connectivity index (χ3n) is 3.89. The van der Waals surface area contributed by atoms with Crippen LogP contribution in [0.5, 0.6) is 0 Å². The lowest BCUT2D eigenvalue weighted by molar-refractivity contribution is -0.126. The summed E-state index contributed by atoms with van der Waals surface area (Å²) >= 11 is 3.40. The fraction of sp³-hybridized carbons (Fsp3) is 0.529. The molecule has 120 valence electrons. The molecule has 1 aromatic carbocycles. The number of unbranched alkanes of at least 4 members (excludes halogenated alkanes) is 1. The number of carbonyl (C=O) groups is 2. The number of aryl methyl sites for hydroxylation is 1. The number of rotatable bonds is 7. The van der Waals surface area contributed by atoms with Crippen LogP contribution in [0.4, 0.5) is 5.69 Å². The van der Waals surface area contributed by atoms with Crippen molar-refractivity contribution in [3.8, 4) is 0 Å². The summed E-state index contributed by atoms with van der Waals surface area (Å²) < 4.78 is 0. The predicted octanol–water partition coefficient (Wildman–Crippen LogP) is 3.34. The van der Waals surface area contributed by atoms with E-state index >= 15 is 0 Å². The van der Waals surface area contributed by atoms with E-state index in [0.717, 1.165) is 42.3 Å². The summed E-state index contributed by atoms with van der Waals surface area (Å²) in [6.45, 7) is 4.29. The molecule has 0 spiro atoms. The standard InChI is InChI=1S/C17H23BrN2O2/c1-3-4-6-13-7-8-15-14(11-13)16(19-12(2)21)17(22)20(15)10-5-9-18/h7-8,11,16H,3-6,9-10H2,1-2H3,(H,19,21). The van der Waals surface area contributed by atoms with E-state index in [4.69, 9.17) is 0 Å². The number of nitrogens with zero attached hydrogens (tertiary/aromatic N) is 1. The summed E-state index contributed by atoms with van der Waals surface area (Å²) in [6, 6.07) is 5.66. The van der Waals surface area contributed by atoms with Crippen molar-refractivity contribution >= 4 is 33.4 Å². The van der Waals surface area contributed by atoms with Gasteiger partial charge in [-0.05, 0) is 30.9 Å². The van der Waals surface area contributed by atoms with Gasteiger partial charge in [0.25, 0.3) is 5.91 Å². The molecule has 1 heterocycles. The van der Waals surface area contributed by atoms with E-state index in [1.165, 1.54) is 12.5 Å². The summed E-state index contributed by atoms with van der Waals surface area (Å²) in [5.74, 6) is -0.204. The van der Waals surface area contributed by atoms with Gasteiger partial charge in [0.15, 0.2) is 0 Å². The van der Waals surface area contributed by atoms with Crippen LogP contribution in [0.25, 0.3) is 0 Å². The zero-order valence-electron chi connectivity index (χ0n) is 13.2. The van der Waals surface area contributed by atoms with Crippen LogP contribution in [-0.2, 0) is 16.0 Å². The molecule has 1 aliphatic heterocycles. The van der Waals surface area contributed by atoms with E-state index in [2.05, 4.69) is 40.3 Å². The normalized spacial score (nSPS) is 16.8. The van der Waals surface area contributed by atoms with Gasteiger partial charge < -0.3 is 10.2 Å². The van der Waals surface area contributed by atoms with Gasteiger partial charge in [-0.2, -0.15) is 0 Å². The number of anilines is 1. The van der Waals surface area contributed by atoms with Gasteiger partial charge in [-0.15, -0.1) is 0 Å². The van der Waals surface area contributed by atoms with E-state index in [9.17, 15) is 9.59 Å².